The zero-order valence-electron chi connectivity index (χ0n) is 21.8. The minimum Gasteiger partial charge on any atom is -0.497 e. The van der Waals surface area contributed by atoms with E-state index in [-0.39, 0.29) is 30.4 Å². The highest BCUT2D eigenvalue weighted by Crippen LogP contribution is 2.34. The van der Waals surface area contributed by atoms with Crippen molar-refractivity contribution in [1.29, 1.82) is 0 Å². The van der Waals surface area contributed by atoms with E-state index in [9.17, 15) is 9.59 Å². The Balaban J connectivity index is 1.54. The fraction of sp³-hybridized carbons (Fsp3) is 0.379. The number of carbonyl (C=O) groups is 2. The Bertz CT molecular complexity index is 1210. The lowest BCUT2D eigenvalue weighted by Gasteiger charge is -2.38. The second kappa shape index (κ2) is 12.1. The normalized spacial score (nSPS) is 15.5. The number of fused-ring (bicyclic) bond motifs is 1. The molecule has 7 nitrogen and oxygen atoms in total. The smallest absolute Gasteiger partial charge is 0.254 e. The SMILES string of the molecule is CC[C@H](C)N(CC(=O)N1CCc2sccc2[C@H]1COc1cccc(OC)c1)C(=O)c1ccc(OC)cc1. The van der Waals surface area contributed by atoms with Crippen molar-refractivity contribution in [1.82, 2.24) is 9.80 Å². The number of nitrogens with zero attached hydrogens (tertiary/aromatic N) is 2. The van der Waals surface area contributed by atoms with Gasteiger partial charge in [0.1, 0.15) is 30.4 Å². The van der Waals surface area contributed by atoms with Gasteiger partial charge < -0.3 is 24.0 Å². The highest BCUT2D eigenvalue weighted by molar-refractivity contribution is 7.10. The van der Waals surface area contributed by atoms with Gasteiger partial charge in [0.25, 0.3) is 5.91 Å². The Morgan fingerprint density at radius 3 is 2.49 bits per heavy atom. The molecule has 0 saturated heterocycles. The van der Waals surface area contributed by atoms with E-state index in [4.69, 9.17) is 14.2 Å². The first kappa shape index (κ1) is 26.5. The summed E-state index contributed by atoms with van der Waals surface area (Å²) < 4.78 is 16.7. The first-order valence-corrected chi connectivity index (χ1v) is 13.4. The van der Waals surface area contributed by atoms with Crippen LogP contribution < -0.4 is 14.2 Å². The van der Waals surface area contributed by atoms with E-state index in [2.05, 4.69) is 11.4 Å². The van der Waals surface area contributed by atoms with Crippen LogP contribution in [-0.2, 0) is 11.2 Å². The molecule has 0 unspecified atom stereocenters. The second-order valence-electron chi connectivity index (χ2n) is 9.06. The van der Waals surface area contributed by atoms with Gasteiger partial charge in [-0.1, -0.05) is 13.0 Å². The van der Waals surface area contributed by atoms with E-state index in [1.54, 1.807) is 54.7 Å². The van der Waals surface area contributed by atoms with Crippen molar-refractivity contribution in [2.24, 2.45) is 0 Å². The lowest BCUT2D eigenvalue weighted by atomic mass is 10.00. The molecular weight excluding hydrogens is 488 g/mol. The largest absolute Gasteiger partial charge is 0.497 e. The van der Waals surface area contributed by atoms with Crippen LogP contribution in [0.25, 0.3) is 0 Å². The van der Waals surface area contributed by atoms with Crippen LogP contribution in [0.2, 0.25) is 0 Å². The maximum Gasteiger partial charge on any atom is 0.254 e. The zero-order chi connectivity index (χ0) is 26.4. The molecule has 1 aliphatic heterocycles. The summed E-state index contributed by atoms with van der Waals surface area (Å²) in [6.07, 6.45) is 1.54. The van der Waals surface area contributed by atoms with E-state index in [0.29, 0.717) is 36.0 Å². The molecule has 2 amide bonds. The highest BCUT2D eigenvalue weighted by Gasteiger charge is 2.34. The van der Waals surface area contributed by atoms with Crippen molar-refractivity contribution in [3.8, 4) is 17.2 Å². The van der Waals surface area contributed by atoms with Crippen LogP contribution in [0.5, 0.6) is 17.2 Å². The van der Waals surface area contributed by atoms with Gasteiger partial charge in [0.05, 0.1) is 20.3 Å². The van der Waals surface area contributed by atoms with Gasteiger partial charge in [-0.25, -0.2) is 0 Å². The molecule has 2 heterocycles. The first-order valence-electron chi connectivity index (χ1n) is 12.5. The number of ether oxygens (including phenoxy) is 3. The third kappa shape index (κ3) is 6.07. The second-order valence-corrected chi connectivity index (χ2v) is 10.1. The number of rotatable bonds is 10. The summed E-state index contributed by atoms with van der Waals surface area (Å²) in [7, 11) is 3.21. The molecule has 0 radical (unpaired) electrons. The zero-order valence-corrected chi connectivity index (χ0v) is 22.6. The third-order valence-electron chi connectivity index (χ3n) is 6.89. The Hall–Kier alpha value is -3.52. The van der Waals surface area contributed by atoms with Gasteiger partial charge in [0.15, 0.2) is 0 Å². The van der Waals surface area contributed by atoms with Crippen LogP contribution >= 0.6 is 11.3 Å². The molecular formula is C29H34N2O5S. The fourth-order valence-corrected chi connectivity index (χ4v) is 5.45. The van der Waals surface area contributed by atoms with Gasteiger partial charge in [-0.15, -0.1) is 11.3 Å². The summed E-state index contributed by atoms with van der Waals surface area (Å²) in [5, 5.41) is 2.07. The lowest BCUT2D eigenvalue weighted by Crippen LogP contribution is -2.49. The van der Waals surface area contributed by atoms with E-state index < -0.39 is 0 Å². The highest BCUT2D eigenvalue weighted by atomic mass is 32.1. The molecule has 196 valence electrons. The van der Waals surface area contributed by atoms with Crippen LogP contribution in [0, 0.1) is 0 Å². The molecule has 0 spiro atoms. The molecule has 4 rings (SSSR count). The number of hydrogen-bond acceptors (Lipinski definition) is 6. The Morgan fingerprint density at radius 1 is 1.05 bits per heavy atom. The Kier molecular flexibility index (Phi) is 8.71. The van der Waals surface area contributed by atoms with Crippen molar-refractivity contribution in [2.45, 2.75) is 38.8 Å². The van der Waals surface area contributed by atoms with Gasteiger partial charge in [-0.2, -0.15) is 0 Å². The van der Waals surface area contributed by atoms with Crippen molar-refractivity contribution < 1.29 is 23.8 Å². The summed E-state index contributed by atoms with van der Waals surface area (Å²) in [4.78, 5) is 32.0. The molecule has 0 bridgehead atoms. The Labute approximate surface area is 222 Å². The van der Waals surface area contributed by atoms with Gasteiger partial charge in [-0.05, 0) is 73.2 Å². The van der Waals surface area contributed by atoms with Gasteiger partial charge in [0, 0.05) is 29.1 Å². The number of amides is 2. The van der Waals surface area contributed by atoms with E-state index >= 15 is 0 Å². The molecule has 0 N–H and O–H groups in total. The summed E-state index contributed by atoms with van der Waals surface area (Å²) >= 11 is 1.71. The predicted octanol–water partition coefficient (Wildman–Crippen LogP) is 5.21. The summed E-state index contributed by atoms with van der Waals surface area (Å²) in [5.74, 6) is 1.83. The molecule has 0 fully saturated rings. The fourth-order valence-electron chi connectivity index (χ4n) is 4.52. The van der Waals surface area contributed by atoms with E-state index in [1.807, 2.05) is 43.0 Å². The number of hydrogen-bond donors (Lipinski definition) is 0. The molecule has 37 heavy (non-hydrogen) atoms. The molecule has 1 aromatic heterocycles. The van der Waals surface area contributed by atoms with Crippen molar-refractivity contribution in [3.63, 3.8) is 0 Å². The van der Waals surface area contributed by atoms with Crippen molar-refractivity contribution in [3.05, 3.63) is 76.0 Å². The monoisotopic (exact) mass is 522 g/mol. The topological polar surface area (TPSA) is 68.3 Å². The minimum absolute atomic E-state index is 0.00893. The summed E-state index contributed by atoms with van der Waals surface area (Å²) in [6, 6.07) is 16.2. The maximum atomic E-state index is 13.8. The van der Waals surface area contributed by atoms with E-state index in [1.165, 1.54) is 4.88 Å². The molecule has 1 aliphatic rings. The number of carbonyl (C=O) groups excluding carboxylic acids is 2. The molecule has 0 saturated carbocycles. The maximum absolute atomic E-state index is 13.8. The Morgan fingerprint density at radius 2 is 1.78 bits per heavy atom. The summed E-state index contributed by atoms with van der Waals surface area (Å²) in [5.41, 5.74) is 1.65. The van der Waals surface area contributed by atoms with Crippen molar-refractivity contribution >= 4 is 23.2 Å². The van der Waals surface area contributed by atoms with Crippen LogP contribution in [0.3, 0.4) is 0 Å². The number of methoxy groups -OCH3 is 2. The van der Waals surface area contributed by atoms with E-state index in [0.717, 1.165) is 18.4 Å². The standard InChI is InChI=1S/C29H34N2O5S/c1-5-20(2)31(29(33)21-9-11-22(34-3)12-10-21)18-28(32)30-15-13-27-25(14-16-37-27)26(30)19-36-24-8-6-7-23(17-24)35-4/h6-12,14,16-17,20,26H,5,13,15,18-19H2,1-4H3/t20-,26+/m0/s1. The third-order valence-corrected chi connectivity index (χ3v) is 7.89. The molecule has 2 atom stereocenters. The average Bonchev–Trinajstić information content (AvgIpc) is 3.43. The van der Waals surface area contributed by atoms with Crippen LogP contribution in [0.15, 0.2) is 60.0 Å². The molecule has 0 aliphatic carbocycles. The van der Waals surface area contributed by atoms with Gasteiger partial charge in [0.2, 0.25) is 5.91 Å². The lowest BCUT2D eigenvalue weighted by molar-refractivity contribution is -0.136. The predicted molar refractivity (Wildman–Crippen MR) is 145 cm³/mol. The number of thiophene rings is 1. The molecule has 3 aromatic rings. The first-order chi connectivity index (χ1) is 17.9. The molecule has 8 heteroatoms. The van der Waals surface area contributed by atoms with Crippen LogP contribution in [-0.4, -0.2) is 61.6 Å². The average molecular weight is 523 g/mol. The quantitative estimate of drug-likeness (QED) is 0.366. The van der Waals surface area contributed by atoms with Crippen LogP contribution in [0.1, 0.15) is 47.1 Å². The van der Waals surface area contributed by atoms with Gasteiger partial charge in [-0.3, -0.25) is 9.59 Å². The van der Waals surface area contributed by atoms with Crippen LogP contribution in [0.4, 0.5) is 0 Å². The van der Waals surface area contributed by atoms with Crippen molar-refractivity contribution in [2.75, 3.05) is 33.9 Å². The number of benzene rings is 2. The molecule has 2 aromatic carbocycles. The van der Waals surface area contributed by atoms with Gasteiger partial charge >= 0.3 is 0 Å². The summed E-state index contributed by atoms with van der Waals surface area (Å²) in [6.45, 7) is 4.91. The minimum atomic E-state index is -0.233.